The maximum absolute atomic E-state index is 13.2. The first kappa shape index (κ1) is 21.6. The smallest absolute Gasteiger partial charge is 0.416 e. The van der Waals surface area contributed by atoms with E-state index >= 15 is 0 Å². The van der Waals surface area contributed by atoms with Crippen LogP contribution in [0.4, 0.5) is 19.0 Å². The van der Waals surface area contributed by atoms with Crippen molar-refractivity contribution in [2.45, 2.75) is 31.5 Å². The van der Waals surface area contributed by atoms with Crippen LogP contribution >= 0.6 is 12.6 Å². The van der Waals surface area contributed by atoms with E-state index in [0.29, 0.717) is 5.75 Å². The predicted octanol–water partition coefficient (Wildman–Crippen LogP) is 6.21. The molecule has 0 radical (unpaired) electrons. The van der Waals surface area contributed by atoms with Gasteiger partial charge in [-0.1, -0.05) is 32.0 Å². The Balaban J connectivity index is 0.00000136. The third-order valence-electron chi connectivity index (χ3n) is 3.44. The molecule has 0 spiro atoms. The van der Waals surface area contributed by atoms with Crippen LogP contribution in [0.2, 0.25) is 0 Å². The number of hydrogen-bond donors (Lipinski definition) is 2. The summed E-state index contributed by atoms with van der Waals surface area (Å²) in [4.78, 5) is 8.70. The van der Waals surface area contributed by atoms with Crippen molar-refractivity contribution in [1.29, 1.82) is 0 Å². The fraction of sp³-hybridized carbons (Fsp3) is 0.200. The van der Waals surface area contributed by atoms with Gasteiger partial charge in [0.1, 0.15) is 11.6 Å². The molecule has 0 aliphatic heterocycles. The number of halogens is 3. The Morgan fingerprint density at radius 2 is 1.82 bits per heavy atom. The summed E-state index contributed by atoms with van der Waals surface area (Å²) in [6.07, 6.45) is -1.59. The number of thiol groups is 1. The molecule has 0 aliphatic carbocycles. The first-order valence-electron chi connectivity index (χ1n) is 8.60. The lowest BCUT2D eigenvalue weighted by Crippen LogP contribution is -2.09. The van der Waals surface area contributed by atoms with Crippen molar-refractivity contribution in [2.75, 3.05) is 5.32 Å². The molecule has 0 atom stereocenters. The van der Waals surface area contributed by atoms with Gasteiger partial charge >= 0.3 is 6.18 Å². The summed E-state index contributed by atoms with van der Waals surface area (Å²) in [7, 11) is 0. The molecule has 2 heterocycles. The number of alkyl halides is 3. The largest absolute Gasteiger partial charge is 0.437 e. The van der Waals surface area contributed by atoms with E-state index in [2.05, 4.69) is 27.9 Å². The van der Waals surface area contributed by atoms with Gasteiger partial charge in [-0.25, -0.2) is 0 Å². The highest BCUT2D eigenvalue weighted by Crippen LogP contribution is 2.34. The molecule has 0 unspecified atom stereocenters. The molecule has 3 rings (SSSR count). The number of anilines is 1. The fourth-order valence-electron chi connectivity index (χ4n) is 2.19. The molecule has 4 nitrogen and oxygen atoms in total. The van der Waals surface area contributed by atoms with Crippen LogP contribution in [0.25, 0.3) is 0 Å². The molecule has 0 saturated heterocycles. The van der Waals surface area contributed by atoms with Crippen molar-refractivity contribution < 1.29 is 17.9 Å². The molecule has 148 valence electrons. The normalized spacial score (nSPS) is 10.6. The van der Waals surface area contributed by atoms with E-state index in [1.54, 1.807) is 18.2 Å². The zero-order valence-corrected chi connectivity index (χ0v) is 16.3. The summed E-state index contributed by atoms with van der Waals surface area (Å²) in [6.45, 7) is 4.28. The molecule has 1 aromatic carbocycles. The average Bonchev–Trinajstić information content (AvgIpc) is 2.69. The Labute approximate surface area is 167 Å². The van der Waals surface area contributed by atoms with Crippen LogP contribution in [0, 0.1) is 0 Å². The van der Waals surface area contributed by atoms with E-state index in [0.717, 1.165) is 22.6 Å². The van der Waals surface area contributed by atoms with E-state index < -0.39 is 11.7 Å². The molecule has 0 amide bonds. The second-order valence-electron chi connectivity index (χ2n) is 5.35. The zero-order chi connectivity index (χ0) is 20.6. The number of nitrogens with zero attached hydrogens (tertiary/aromatic N) is 2. The minimum Gasteiger partial charge on any atom is -0.437 e. The van der Waals surface area contributed by atoms with Crippen molar-refractivity contribution in [3.8, 4) is 11.6 Å². The molecule has 0 saturated carbocycles. The lowest BCUT2D eigenvalue weighted by Gasteiger charge is -2.13. The number of benzene rings is 1. The third-order valence-corrected chi connectivity index (χ3v) is 3.87. The van der Waals surface area contributed by atoms with Gasteiger partial charge in [-0.2, -0.15) is 18.2 Å². The molecular weight excluding hydrogens is 387 g/mol. The summed E-state index contributed by atoms with van der Waals surface area (Å²) in [5.41, 5.74) is -0.0159. The first-order chi connectivity index (χ1) is 13.4. The van der Waals surface area contributed by atoms with Crippen LogP contribution in [0.1, 0.15) is 25.0 Å². The van der Waals surface area contributed by atoms with Crippen LogP contribution in [-0.4, -0.2) is 9.97 Å². The molecule has 2 aromatic heterocycles. The average molecular weight is 407 g/mol. The van der Waals surface area contributed by atoms with Crippen LogP contribution in [-0.2, 0) is 12.7 Å². The Kier molecular flexibility index (Phi) is 7.69. The Morgan fingerprint density at radius 1 is 1.07 bits per heavy atom. The van der Waals surface area contributed by atoms with Gasteiger partial charge in [-0.05, 0) is 29.8 Å². The molecule has 3 aromatic rings. The maximum Gasteiger partial charge on any atom is 0.416 e. The highest BCUT2D eigenvalue weighted by Gasteiger charge is 2.32. The predicted molar refractivity (Wildman–Crippen MR) is 106 cm³/mol. The number of nitrogens with one attached hydrogen (secondary N) is 1. The highest BCUT2D eigenvalue weighted by molar-refractivity contribution is 7.80. The van der Waals surface area contributed by atoms with Gasteiger partial charge in [0.2, 0.25) is 5.88 Å². The molecule has 28 heavy (non-hydrogen) atoms. The second kappa shape index (κ2) is 9.98. The van der Waals surface area contributed by atoms with Crippen LogP contribution in [0.15, 0.2) is 65.8 Å². The Bertz CT molecular complexity index is 889. The lowest BCUT2D eigenvalue weighted by molar-refractivity contribution is -0.137. The summed E-state index contributed by atoms with van der Waals surface area (Å²) in [5.74, 6) is 0.177. The monoisotopic (exact) mass is 407 g/mol. The molecule has 8 heteroatoms. The van der Waals surface area contributed by atoms with Gasteiger partial charge < -0.3 is 10.1 Å². The topological polar surface area (TPSA) is 47.0 Å². The van der Waals surface area contributed by atoms with E-state index in [1.807, 2.05) is 32.0 Å². The van der Waals surface area contributed by atoms with Crippen molar-refractivity contribution in [2.24, 2.45) is 0 Å². The van der Waals surface area contributed by atoms with Crippen LogP contribution in [0.5, 0.6) is 11.6 Å². The van der Waals surface area contributed by atoms with Gasteiger partial charge in [0.05, 0.1) is 11.8 Å². The summed E-state index contributed by atoms with van der Waals surface area (Å²) < 4.78 is 44.9. The molecule has 1 N–H and O–H groups in total. The standard InChI is InChI=1S/C18H14F3N3OS.C2H6/c19-18(20,21)13-8-16(23-10-12-4-1-2-6-15(12)26)24-17(9-13)25-14-5-3-7-22-11-14;1-2/h1-9,11,26H,10H2,(H,23,24);1-2H3. The van der Waals surface area contributed by atoms with Gasteiger partial charge in [-0.15, -0.1) is 12.6 Å². The number of rotatable bonds is 5. The molecule has 0 bridgehead atoms. The minimum atomic E-state index is -4.52. The van der Waals surface area contributed by atoms with E-state index in [4.69, 9.17) is 4.74 Å². The number of pyridine rings is 2. The maximum atomic E-state index is 13.2. The van der Waals surface area contributed by atoms with Gasteiger partial charge in [0.15, 0.2) is 0 Å². The number of aromatic nitrogens is 2. The van der Waals surface area contributed by atoms with Crippen LogP contribution < -0.4 is 10.1 Å². The van der Waals surface area contributed by atoms with Crippen LogP contribution in [0.3, 0.4) is 0 Å². The third kappa shape index (κ3) is 6.16. The Morgan fingerprint density at radius 3 is 2.46 bits per heavy atom. The van der Waals surface area contributed by atoms with Gasteiger partial charge in [-0.3, -0.25) is 4.98 Å². The highest BCUT2D eigenvalue weighted by atomic mass is 32.1. The van der Waals surface area contributed by atoms with Crippen molar-refractivity contribution >= 4 is 18.4 Å². The minimum absolute atomic E-state index is 0.0512. The number of hydrogen-bond acceptors (Lipinski definition) is 5. The quantitative estimate of drug-likeness (QED) is 0.493. The van der Waals surface area contributed by atoms with Gasteiger partial charge in [0, 0.05) is 23.7 Å². The van der Waals surface area contributed by atoms with Crippen molar-refractivity contribution in [3.05, 3.63) is 72.1 Å². The van der Waals surface area contributed by atoms with Crippen molar-refractivity contribution in [3.63, 3.8) is 0 Å². The second-order valence-corrected chi connectivity index (χ2v) is 5.83. The Hall–Kier alpha value is -2.74. The van der Waals surface area contributed by atoms with E-state index in [1.165, 1.54) is 12.4 Å². The zero-order valence-electron chi connectivity index (χ0n) is 15.4. The SMILES string of the molecule is CC.FC(F)(F)c1cc(NCc2ccccc2S)nc(Oc2cccnc2)c1. The first-order valence-corrected chi connectivity index (χ1v) is 9.04. The molecule has 0 aliphatic rings. The van der Waals surface area contributed by atoms with E-state index in [9.17, 15) is 13.2 Å². The lowest BCUT2D eigenvalue weighted by atomic mass is 10.2. The summed E-state index contributed by atoms with van der Waals surface area (Å²) in [5, 5.41) is 2.88. The summed E-state index contributed by atoms with van der Waals surface area (Å²) >= 11 is 4.32. The summed E-state index contributed by atoms with van der Waals surface area (Å²) in [6, 6.07) is 12.3. The van der Waals surface area contributed by atoms with Gasteiger partial charge in [0.25, 0.3) is 0 Å². The fourth-order valence-corrected chi connectivity index (χ4v) is 2.43. The van der Waals surface area contributed by atoms with E-state index in [-0.39, 0.29) is 18.2 Å². The molecule has 0 fully saturated rings. The number of ether oxygens (including phenoxy) is 1. The molecular formula is C20H20F3N3OS. The van der Waals surface area contributed by atoms with Crippen molar-refractivity contribution in [1.82, 2.24) is 9.97 Å².